The molecule has 0 aromatic heterocycles. The Balaban J connectivity index is 1.16. The largest absolute Gasteiger partial charge is 0.478 e. The van der Waals surface area contributed by atoms with Crippen LogP contribution in [0.15, 0.2) is 65.8 Å². The van der Waals surface area contributed by atoms with Gasteiger partial charge in [-0.1, -0.05) is 35.0 Å². The summed E-state index contributed by atoms with van der Waals surface area (Å²) in [5, 5.41) is 16.1. The van der Waals surface area contributed by atoms with E-state index in [9.17, 15) is 23.9 Å². The van der Waals surface area contributed by atoms with Crippen molar-refractivity contribution in [2.75, 3.05) is 56.2 Å². The van der Waals surface area contributed by atoms with E-state index in [0.29, 0.717) is 23.7 Å². The summed E-state index contributed by atoms with van der Waals surface area (Å²) in [5.41, 5.74) is 3.65. The highest BCUT2D eigenvalue weighted by Crippen LogP contribution is 2.38. The molecule has 7 rings (SSSR count). The number of rotatable bonds is 7. The van der Waals surface area contributed by atoms with Gasteiger partial charge >= 0.3 is 5.97 Å². The molecule has 2 atom stereocenters. The fourth-order valence-corrected chi connectivity index (χ4v) is 6.89. The lowest BCUT2D eigenvalue weighted by Gasteiger charge is -2.44. The number of halogens is 2. The number of amides is 2. The van der Waals surface area contributed by atoms with Gasteiger partial charge in [-0.15, -0.1) is 0 Å². The van der Waals surface area contributed by atoms with Crippen LogP contribution < -0.4 is 10.2 Å². The van der Waals surface area contributed by atoms with E-state index >= 15 is 0 Å². The van der Waals surface area contributed by atoms with Crippen LogP contribution in [0.1, 0.15) is 39.5 Å². The molecular formula is C34H33ClFN5O6. The summed E-state index contributed by atoms with van der Waals surface area (Å²) >= 11 is 5.97. The number of carbonyl (C=O) groups is 3. The fourth-order valence-electron chi connectivity index (χ4n) is 6.72. The van der Waals surface area contributed by atoms with Gasteiger partial charge in [0, 0.05) is 56.1 Å². The molecule has 4 heterocycles. The lowest BCUT2D eigenvalue weighted by atomic mass is 9.89. The van der Waals surface area contributed by atoms with Crippen LogP contribution in [-0.4, -0.2) is 96.5 Å². The van der Waals surface area contributed by atoms with Gasteiger partial charge in [-0.05, 0) is 60.0 Å². The Morgan fingerprint density at radius 1 is 0.957 bits per heavy atom. The third-order valence-electron chi connectivity index (χ3n) is 9.33. The van der Waals surface area contributed by atoms with Crippen molar-refractivity contribution >= 4 is 46.5 Å². The van der Waals surface area contributed by atoms with E-state index in [0.717, 1.165) is 50.6 Å². The number of aromatic carboxylic acids is 1. The second-order valence-corrected chi connectivity index (χ2v) is 12.5. The van der Waals surface area contributed by atoms with E-state index < -0.39 is 35.7 Å². The molecule has 4 aliphatic heterocycles. The van der Waals surface area contributed by atoms with E-state index in [1.54, 1.807) is 6.07 Å². The first-order chi connectivity index (χ1) is 22.8. The SMILES string of the molecule is O=C(O)c1ccc(NC(=O)[C@@H]2c3cccc(N4CCN(C5COC5)CC4)c3CCN2C(=O)C2CC(c3cccc(Cl)c3F)=NO2)cc1. The van der Waals surface area contributed by atoms with Crippen molar-refractivity contribution in [1.82, 2.24) is 9.80 Å². The second kappa shape index (κ2) is 12.9. The highest BCUT2D eigenvalue weighted by Gasteiger charge is 2.42. The number of carbonyl (C=O) groups excluding carboxylic acids is 2. The predicted octanol–water partition coefficient (Wildman–Crippen LogP) is 3.96. The normalized spacial score (nSPS) is 21.4. The molecule has 2 fully saturated rings. The third-order valence-corrected chi connectivity index (χ3v) is 9.62. The van der Waals surface area contributed by atoms with E-state index in [-0.39, 0.29) is 34.8 Å². The van der Waals surface area contributed by atoms with Crippen LogP contribution in [0, 0.1) is 5.82 Å². The summed E-state index contributed by atoms with van der Waals surface area (Å²) in [6, 6.07) is 15.7. The number of hydrogen-bond acceptors (Lipinski definition) is 8. The van der Waals surface area contributed by atoms with Crippen molar-refractivity contribution in [3.8, 4) is 0 Å². The second-order valence-electron chi connectivity index (χ2n) is 12.1. The summed E-state index contributed by atoms with van der Waals surface area (Å²) in [6.45, 7) is 5.27. The van der Waals surface area contributed by atoms with Crippen LogP contribution >= 0.6 is 11.6 Å². The number of nitrogens with zero attached hydrogens (tertiary/aromatic N) is 4. The van der Waals surface area contributed by atoms with Gasteiger partial charge in [0.2, 0.25) is 6.10 Å². The monoisotopic (exact) mass is 661 g/mol. The maximum Gasteiger partial charge on any atom is 0.335 e. The first-order valence-corrected chi connectivity index (χ1v) is 16.0. The molecule has 2 amide bonds. The molecule has 4 aliphatic rings. The molecule has 244 valence electrons. The molecule has 0 bridgehead atoms. The molecule has 3 aromatic rings. The van der Waals surface area contributed by atoms with Gasteiger partial charge in [0.15, 0.2) is 5.82 Å². The molecule has 13 heteroatoms. The summed E-state index contributed by atoms with van der Waals surface area (Å²) < 4.78 is 20.1. The Bertz CT molecular complexity index is 1740. The fraction of sp³-hybridized carbons (Fsp3) is 0.353. The first-order valence-electron chi connectivity index (χ1n) is 15.6. The number of oxime groups is 1. The minimum atomic E-state index is -1.08. The number of nitrogens with one attached hydrogen (secondary N) is 1. The van der Waals surface area contributed by atoms with Gasteiger partial charge in [0.25, 0.3) is 11.8 Å². The number of piperazine rings is 1. The standard InChI is InChI=1S/C34H33ClFN5O6/c35-26-5-1-4-25(30(26)36)27-17-29(47-38-27)33(43)41-12-11-23-24(31(41)32(42)37-21-9-7-20(8-10-21)34(44)45)3-2-6-28(23)40-15-13-39(14-16-40)22-18-46-19-22/h1-10,22,29,31H,11-19H2,(H,37,42)(H,44,45)/t29?,31-/m0/s1. The number of anilines is 2. The van der Waals surface area contributed by atoms with Gasteiger partial charge < -0.3 is 29.8 Å². The molecule has 0 spiro atoms. The Kier molecular flexibility index (Phi) is 8.56. The third kappa shape index (κ3) is 6.04. The van der Waals surface area contributed by atoms with Crippen LogP contribution in [0.4, 0.5) is 15.8 Å². The first kappa shape index (κ1) is 31.1. The Labute approximate surface area is 275 Å². The van der Waals surface area contributed by atoms with Gasteiger partial charge in [0.05, 0.1) is 35.6 Å². The molecule has 47 heavy (non-hydrogen) atoms. The molecule has 2 N–H and O–H groups in total. The van der Waals surface area contributed by atoms with Gasteiger partial charge in [-0.25, -0.2) is 9.18 Å². The lowest BCUT2D eigenvalue weighted by Crippen LogP contribution is -2.57. The van der Waals surface area contributed by atoms with Crippen LogP contribution in [0.2, 0.25) is 5.02 Å². The molecule has 1 unspecified atom stereocenters. The summed E-state index contributed by atoms with van der Waals surface area (Å²) in [4.78, 5) is 51.4. The van der Waals surface area contributed by atoms with Crippen LogP contribution in [-0.2, 0) is 25.6 Å². The van der Waals surface area contributed by atoms with Crippen molar-refractivity contribution in [2.45, 2.75) is 31.0 Å². The van der Waals surface area contributed by atoms with Gasteiger partial charge in [-0.3, -0.25) is 14.5 Å². The highest BCUT2D eigenvalue weighted by molar-refractivity contribution is 6.31. The molecule has 2 saturated heterocycles. The zero-order chi connectivity index (χ0) is 32.7. The molecule has 3 aromatic carbocycles. The minimum Gasteiger partial charge on any atom is -0.478 e. The molecule has 0 aliphatic carbocycles. The Morgan fingerprint density at radius 3 is 2.40 bits per heavy atom. The molecular weight excluding hydrogens is 629 g/mol. The number of ether oxygens (including phenoxy) is 1. The molecule has 0 saturated carbocycles. The number of carboxylic acids is 1. The number of hydrogen-bond donors (Lipinski definition) is 2. The van der Waals surface area contributed by atoms with E-state index in [1.807, 2.05) is 12.1 Å². The Morgan fingerprint density at radius 2 is 1.70 bits per heavy atom. The van der Waals surface area contributed by atoms with Crippen molar-refractivity contribution in [2.24, 2.45) is 5.16 Å². The zero-order valence-corrected chi connectivity index (χ0v) is 26.2. The zero-order valence-electron chi connectivity index (χ0n) is 25.4. The van der Waals surface area contributed by atoms with Crippen molar-refractivity contribution in [1.29, 1.82) is 0 Å². The lowest BCUT2D eigenvalue weighted by molar-refractivity contribution is -0.148. The minimum absolute atomic E-state index is 0.0147. The smallest absolute Gasteiger partial charge is 0.335 e. The van der Waals surface area contributed by atoms with Crippen LogP contribution in [0.25, 0.3) is 0 Å². The highest BCUT2D eigenvalue weighted by atomic mass is 35.5. The quantitative estimate of drug-likeness (QED) is 0.390. The van der Waals surface area contributed by atoms with Crippen LogP contribution in [0.5, 0.6) is 0 Å². The van der Waals surface area contributed by atoms with E-state index in [1.165, 1.54) is 41.3 Å². The Hall–Kier alpha value is -4.52. The number of fused-ring (bicyclic) bond motifs is 1. The summed E-state index contributed by atoms with van der Waals surface area (Å²) in [6.07, 6.45) is -0.517. The van der Waals surface area contributed by atoms with Crippen LogP contribution in [0.3, 0.4) is 0 Å². The topological polar surface area (TPSA) is 124 Å². The average Bonchev–Trinajstić information content (AvgIpc) is 3.55. The van der Waals surface area contributed by atoms with Gasteiger partial charge in [0.1, 0.15) is 6.04 Å². The number of carboxylic acid groups (broad SMARTS) is 1. The average molecular weight is 662 g/mol. The summed E-state index contributed by atoms with van der Waals surface area (Å²) in [7, 11) is 0. The van der Waals surface area contributed by atoms with Crippen molar-refractivity contribution in [3.63, 3.8) is 0 Å². The van der Waals surface area contributed by atoms with Gasteiger partial charge in [-0.2, -0.15) is 0 Å². The van der Waals surface area contributed by atoms with Crippen molar-refractivity contribution in [3.05, 3.63) is 93.8 Å². The predicted molar refractivity (Wildman–Crippen MR) is 172 cm³/mol. The summed E-state index contributed by atoms with van der Waals surface area (Å²) in [5.74, 6) is -2.61. The maximum atomic E-state index is 14.8. The van der Waals surface area contributed by atoms with E-state index in [2.05, 4.69) is 26.3 Å². The molecule has 11 nitrogen and oxygen atoms in total. The van der Waals surface area contributed by atoms with Crippen molar-refractivity contribution < 1.29 is 33.5 Å². The van der Waals surface area contributed by atoms with E-state index in [4.69, 9.17) is 21.2 Å². The number of benzene rings is 3. The maximum absolute atomic E-state index is 14.8. The molecule has 0 radical (unpaired) electrons.